The molecule has 122 valence electrons. The van der Waals surface area contributed by atoms with E-state index in [1.54, 1.807) is 0 Å². The average Bonchev–Trinajstić information content (AvgIpc) is 3.24. The largest absolute Gasteiger partial charge is 0.309 e. The molecule has 6 rings (SSSR count). The molecule has 0 radical (unpaired) electrons. The smallest absolute Gasteiger partial charge is 0.0813 e. The summed E-state index contributed by atoms with van der Waals surface area (Å²) in [6.45, 7) is 0. The Labute approximate surface area is 150 Å². The number of hydrogen-bond donors (Lipinski definition) is 0. The normalized spacial score (nSPS) is 15.1. The number of allylic oxidation sites excluding steroid dienone is 4. The van der Waals surface area contributed by atoms with Gasteiger partial charge in [0.05, 0.1) is 22.1 Å². The van der Waals surface area contributed by atoms with Gasteiger partial charge >= 0.3 is 0 Å². The highest BCUT2D eigenvalue weighted by Gasteiger charge is 2.19. The molecular formula is C24H16N2. The maximum Gasteiger partial charge on any atom is 0.0813 e. The SMILES string of the molecule is C1=CCC2=c3ccc4c(c3=NC2=C1)c1ccccc1n4-c1ccccc1. The zero-order valence-corrected chi connectivity index (χ0v) is 14.2. The Bertz CT molecular complexity index is 1380. The van der Waals surface area contributed by atoms with Crippen LogP contribution in [0.3, 0.4) is 0 Å². The van der Waals surface area contributed by atoms with Crippen LogP contribution in [0, 0.1) is 0 Å². The van der Waals surface area contributed by atoms with Gasteiger partial charge < -0.3 is 4.57 Å². The summed E-state index contributed by atoms with van der Waals surface area (Å²) in [4.78, 5) is 5.02. The van der Waals surface area contributed by atoms with E-state index < -0.39 is 0 Å². The molecular weight excluding hydrogens is 316 g/mol. The third kappa shape index (κ3) is 1.73. The van der Waals surface area contributed by atoms with E-state index in [0.29, 0.717) is 0 Å². The van der Waals surface area contributed by atoms with E-state index in [4.69, 9.17) is 4.99 Å². The molecule has 0 atom stereocenters. The van der Waals surface area contributed by atoms with Crippen molar-refractivity contribution >= 4 is 27.4 Å². The van der Waals surface area contributed by atoms with Gasteiger partial charge in [-0.05, 0) is 42.3 Å². The molecule has 0 bridgehead atoms. The van der Waals surface area contributed by atoms with E-state index in [2.05, 4.69) is 89.5 Å². The van der Waals surface area contributed by atoms with Crippen molar-refractivity contribution in [2.45, 2.75) is 6.42 Å². The van der Waals surface area contributed by atoms with Crippen LogP contribution >= 0.6 is 0 Å². The van der Waals surface area contributed by atoms with Crippen molar-refractivity contribution in [1.29, 1.82) is 0 Å². The molecule has 1 aliphatic carbocycles. The predicted octanol–water partition coefficient (Wildman–Crippen LogP) is 4.41. The lowest BCUT2D eigenvalue weighted by atomic mass is 10.0. The van der Waals surface area contributed by atoms with Crippen molar-refractivity contribution in [3.05, 3.63) is 101 Å². The Kier molecular flexibility index (Phi) is 2.69. The molecule has 0 fully saturated rings. The van der Waals surface area contributed by atoms with E-state index in [-0.39, 0.29) is 0 Å². The summed E-state index contributed by atoms with van der Waals surface area (Å²) in [5.74, 6) is 0. The summed E-state index contributed by atoms with van der Waals surface area (Å²) in [6.07, 6.45) is 7.41. The second kappa shape index (κ2) is 5.06. The van der Waals surface area contributed by atoms with Gasteiger partial charge in [0, 0.05) is 21.7 Å². The molecule has 4 aromatic rings. The fraction of sp³-hybridized carbons (Fsp3) is 0.0417. The second-order valence-electron chi connectivity index (χ2n) is 6.82. The van der Waals surface area contributed by atoms with Gasteiger partial charge in [-0.25, -0.2) is 4.99 Å². The van der Waals surface area contributed by atoms with Crippen LogP contribution < -0.4 is 10.6 Å². The van der Waals surface area contributed by atoms with E-state index in [0.717, 1.165) is 17.5 Å². The minimum Gasteiger partial charge on any atom is -0.309 e. The molecule has 1 aliphatic heterocycles. The minimum absolute atomic E-state index is 0.963. The first kappa shape index (κ1) is 13.9. The van der Waals surface area contributed by atoms with Crippen LogP contribution in [-0.4, -0.2) is 4.57 Å². The molecule has 0 spiro atoms. The van der Waals surface area contributed by atoms with Gasteiger partial charge in [0.15, 0.2) is 0 Å². The van der Waals surface area contributed by atoms with Gasteiger partial charge in [-0.2, -0.15) is 0 Å². The summed E-state index contributed by atoms with van der Waals surface area (Å²) in [5, 5.41) is 4.92. The van der Waals surface area contributed by atoms with Gasteiger partial charge in [-0.1, -0.05) is 54.6 Å². The number of hydrogen-bond acceptors (Lipinski definition) is 1. The zero-order chi connectivity index (χ0) is 17.1. The van der Waals surface area contributed by atoms with Crippen molar-refractivity contribution in [2.24, 2.45) is 4.99 Å². The second-order valence-corrected chi connectivity index (χ2v) is 6.82. The van der Waals surface area contributed by atoms with E-state index in [1.165, 1.54) is 38.3 Å². The lowest BCUT2D eigenvalue weighted by molar-refractivity contribution is 1.18. The van der Waals surface area contributed by atoms with Gasteiger partial charge in [0.1, 0.15) is 0 Å². The molecule has 0 saturated heterocycles. The third-order valence-electron chi connectivity index (χ3n) is 5.40. The maximum atomic E-state index is 5.02. The molecule has 2 nitrogen and oxygen atoms in total. The lowest BCUT2D eigenvalue weighted by Crippen LogP contribution is -2.23. The number of benzene rings is 3. The fourth-order valence-corrected chi connectivity index (χ4v) is 4.28. The fourth-order valence-electron chi connectivity index (χ4n) is 4.28. The van der Waals surface area contributed by atoms with Crippen LogP contribution in [-0.2, 0) is 0 Å². The van der Waals surface area contributed by atoms with Crippen molar-refractivity contribution in [2.75, 3.05) is 0 Å². The van der Waals surface area contributed by atoms with Gasteiger partial charge in [-0.15, -0.1) is 0 Å². The Morgan fingerprint density at radius 1 is 0.808 bits per heavy atom. The number of fused-ring (bicyclic) bond motifs is 6. The first-order valence-electron chi connectivity index (χ1n) is 8.98. The van der Waals surface area contributed by atoms with Gasteiger partial charge in [0.2, 0.25) is 0 Å². The topological polar surface area (TPSA) is 17.3 Å². The maximum absolute atomic E-state index is 5.02. The highest BCUT2D eigenvalue weighted by Crippen LogP contribution is 2.31. The van der Waals surface area contributed by atoms with Crippen molar-refractivity contribution in [3.8, 4) is 5.69 Å². The zero-order valence-electron chi connectivity index (χ0n) is 14.2. The van der Waals surface area contributed by atoms with Crippen molar-refractivity contribution in [1.82, 2.24) is 4.57 Å². The number of aromatic nitrogens is 1. The number of rotatable bonds is 1. The minimum atomic E-state index is 0.963. The Hall–Kier alpha value is -3.39. The molecule has 2 heteroatoms. The van der Waals surface area contributed by atoms with E-state index in [9.17, 15) is 0 Å². The Morgan fingerprint density at radius 3 is 2.58 bits per heavy atom. The molecule has 2 aliphatic rings. The molecule has 1 aromatic heterocycles. The lowest BCUT2D eigenvalue weighted by Gasteiger charge is -2.07. The quantitative estimate of drug-likeness (QED) is 0.491. The monoisotopic (exact) mass is 332 g/mol. The molecule has 2 heterocycles. The molecule has 0 amide bonds. The highest BCUT2D eigenvalue weighted by molar-refractivity contribution is 6.09. The molecule has 0 saturated carbocycles. The van der Waals surface area contributed by atoms with Gasteiger partial charge in [-0.3, -0.25) is 0 Å². The van der Waals surface area contributed by atoms with E-state index >= 15 is 0 Å². The summed E-state index contributed by atoms with van der Waals surface area (Å²) in [7, 11) is 0. The third-order valence-corrected chi connectivity index (χ3v) is 5.40. The van der Waals surface area contributed by atoms with Crippen molar-refractivity contribution < 1.29 is 0 Å². The Morgan fingerprint density at radius 2 is 1.65 bits per heavy atom. The summed E-state index contributed by atoms with van der Waals surface area (Å²) < 4.78 is 2.35. The van der Waals surface area contributed by atoms with Crippen LogP contribution in [0.15, 0.2) is 95.6 Å². The van der Waals surface area contributed by atoms with Crippen LogP contribution in [0.25, 0.3) is 33.1 Å². The van der Waals surface area contributed by atoms with Crippen LogP contribution in [0.4, 0.5) is 0 Å². The first-order valence-corrected chi connectivity index (χ1v) is 8.98. The molecule has 3 aromatic carbocycles. The summed E-state index contributed by atoms with van der Waals surface area (Å²) in [5.41, 5.74) is 6.09. The van der Waals surface area contributed by atoms with E-state index in [1.807, 2.05) is 0 Å². The van der Waals surface area contributed by atoms with Crippen LogP contribution in [0.2, 0.25) is 0 Å². The predicted molar refractivity (Wildman–Crippen MR) is 107 cm³/mol. The van der Waals surface area contributed by atoms with Crippen LogP contribution in [0.1, 0.15) is 6.42 Å². The number of para-hydroxylation sites is 2. The standard InChI is InChI=1S/C24H16N2/c1-2-8-16(9-3-1)26-21-13-7-5-11-19(21)23-22(26)15-14-18-17-10-4-6-12-20(17)25-24(18)23/h1-9,11-15H,10H2. The summed E-state index contributed by atoms with van der Waals surface area (Å²) in [6, 6.07) is 23.7. The number of nitrogens with zero attached hydrogens (tertiary/aromatic N) is 2. The highest BCUT2D eigenvalue weighted by atomic mass is 15.0. The van der Waals surface area contributed by atoms with Crippen LogP contribution in [0.5, 0.6) is 0 Å². The molecule has 26 heavy (non-hydrogen) atoms. The summed E-state index contributed by atoms with van der Waals surface area (Å²) >= 11 is 0. The molecule has 0 unspecified atom stereocenters. The average molecular weight is 332 g/mol. The first-order chi connectivity index (χ1) is 12.9. The van der Waals surface area contributed by atoms with Gasteiger partial charge in [0.25, 0.3) is 0 Å². The van der Waals surface area contributed by atoms with Crippen molar-refractivity contribution in [3.63, 3.8) is 0 Å². The molecule has 0 N–H and O–H groups in total. The Balaban J connectivity index is 1.86.